The average molecular weight is 354 g/mol. The standard InChI is InChI=1S/C19H18N2O3S/c1-24-16-9-7-14(8-10-16)13-17-18(23)21(11-12-22)19(25-17)20-15-5-3-2-4-6-15/h2-10,13,22H,11-12H2,1H3/b17-13-,20-19?. The van der Waals surface area contributed by atoms with Crippen LogP contribution in [0, 0.1) is 0 Å². The normalized spacial score (nSPS) is 17.5. The third-order valence-electron chi connectivity index (χ3n) is 3.61. The SMILES string of the molecule is COc1ccc(/C=C2\SC(=Nc3ccccc3)N(CCO)C2=O)cc1. The van der Waals surface area contributed by atoms with Gasteiger partial charge in [-0.1, -0.05) is 30.3 Å². The minimum atomic E-state index is -0.149. The van der Waals surface area contributed by atoms with E-state index in [1.54, 1.807) is 7.11 Å². The number of nitrogens with zero attached hydrogens (tertiary/aromatic N) is 2. The van der Waals surface area contributed by atoms with E-state index in [-0.39, 0.29) is 19.1 Å². The Labute approximate surface area is 150 Å². The summed E-state index contributed by atoms with van der Waals surface area (Å²) < 4.78 is 5.14. The summed E-state index contributed by atoms with van der Waals surface area (Å²) in [5, 5.41) is 9.84. The molecule has 25 heavy (non-hydrogen) atoms. The van der Waals surface area contributed by atoms with Crippen LogP contribution in [-0.2, 0) is 4.79 Å². The van der Waals surface area contributed by atoms with Crippen molar-refractivity contribution in [3.8, 4) is 5.75 Å². The Morgan fingerprint density at radius 1 is 1.16 bits per heavy atom. The molecule has 1 aliphatic rings. The van der Waals surface area contributed by atoms with E-state index in [2.05, 4.69) is 4.99 Å². The van der Waals surface area contributed by atoms with Gasteiger partial charge in [0.2, 0.25) is 0 Å². The van der Waals surface area contributed by atoms with E-state index in [1.165, 1.54) is 16.7 Å². The first-order chi connectivity index (χ1) is 12.2. The summed E-state index contributed by atoms with van der Waals surface area (Å²) in [7, 11) is 1.61. The van der Waals surface area contributed by atoms with Gasteiger partial charge in [0.1, 0.15) is 5.75 Å². The van der Waals surface area contributed by atoms with Gasteiger partial charge in [-0.15, -0.1) is 0 Å². The van der Waals surface area contributed by atoms with Crippen molar-refractivity contribution in [3.05, 3.63) is 65.1 Å². The van der Waals surface area contributed by atoms with Gasteiger partial charge in [0, 0.05) is 0 Å². The number of aliphatic hydroxyl groups excluding tert-OH is 1. The van der Waals surface area contributed by atoms with Gasteiger partial charge in [0.25, 0.3) is 5.91 Å². The van der Waals surface area contributed by atoms with Crippen molar-refractivity contribution in [1.29, 1.82) is 0 Å². The molecular formula is C19H18N2O3S. The van der Waals surface area contributed by atoms with Crippen molar-refractivity contribution in [2.75, 3.05) is 20.3 Å². The van der Waals surface area contributed by atoms with Crippen LogP contribution in [0.15, 0.2) is 64.5 Å². The van der Waals surface area contributed by atoms with Crippen molar-refractivity contribution in [1.82, 2.24) is 4.90 Å². The van der Waals surface area contributed by atoms with Gasteiger partial charge in [0.15, 0.2) is 5.17 Å². The molecule has 1 aliphatic heterocycles. The molecule has 2 aromatic carbocycles. The van der Waals surface area contributed by atoms with Crippen molar-refractivity contribution < 1.29 is 14.6 Å². The number of rotatable bonds is 5. The largest absolute Gasteiger partial charge is 0.497 e. The van der Waals surface area contributed by atoms with Crippen LogP contribution < -0.4 is 4.74 Å². The van der Waals surface area contributed by atoms with Gasteiger partial charge in [-0.2, -0.15) is 0 Å². The fourth-order valence-corrected chi connectivity index (χ4v) is 3.38. The van der Waals surface area contributed by atoms with E-state index in [9.17, 15) is 9.90 Å². The fourth-order valence-electron chi connectivity index (χ4n) is 2.35. The molecule has 0 spiro atoms. The maximum absolute atomic E-state index is 12.6. The predicted molar refractivity (Wildman–Crippen MR) is 101 cm³/mol. The third kappa shape index (κ3) is 4.10. The number of β-amino-alcohol motifs (C(OH)–C–C–N with tert-alkyl or cyclic N) is 1. The van der Waals surface area contributed by atoms with Gasteiger partial charge in [-0.05, 0) is 47.7 Å². The molecule has 6 heteroatoms. The van der Waals surface area contributed by atoms with Gasteiger partial charge < -0.3 is 9.84 Å². The lowest BCUT2D eigenvalue weighted by Crippen LogP contribution is -2.31. The third-order valence-corrected chi connectivity index (χ3v) is 4.61. The summed E-state index contributed by atoms with van der Waals surface area (Å²) in [5.41, 5.74) is 1.67. The minimum Gasteiger partial charge on any atom is -0.497 e. The lowest BCUT2D eigenvalue weighted by atomic mass is 10.2. The van der Waals surface area contributed by atoms with Gasteiger partial charge in [-0.25, -0.2) is 4.99 Å². The van der Waals surface area contributed by atoms with Crippen LogP contribution in [0.1, 0.15) is 5.56 Å². The molecule has 0 radical (unpaired) electrons. The van der Waals surface area contributed by atoms with Crippen molar-refractivity contribution >= 4 is 34.6 Å². The number of hydrogen-bond donors (Lipinski definition) is 1. The van der Waals surface area contributed by atoms with Crippen LogP contribution in [0.25, 0.3) is 6.08 Å². The first-order valence-electron chi connectivity index (χ1n) is 7.81. The van der Waals surface area contributed by atoms with Crippen molar-refractivity contribution in [3.63, 3.8) is 0 Å². The van der Waals surface area contributed by atoms with Crippen LogP contribution in [0.4, 0.5) is 5.69 Å². The fraction of sp³-hybridized carbons (Fsp3) is 0.158. The van der Waals surface area contributed by atoms with Crippen molar-refractivity contribution in [2.24, 2.45) is 4.99 Å². The number of hydrogen-bond acceptors (Lipinski definition) is 5. The van der Waals surface area contributed by atoms with E-state index in [1.807, 2.05) is 60.7 Å². The summed E-state index contributed by atoms with van der Waals surface area (Å²) in [6, 6.07) is 16.9. The maximum atomic E-state index is 12.6. The van der Waals surface area contributed by atoms with E-state index < -0.39 is 0 Å². The summed E-state index contributed by atoms with van der Waals surface area (Å²) in [4.78, 5) is 19.3. The number of para-hydroxylation sites is 1. The Hall–Kier alpha value is -2.57. The molecule has 0 unspecified atom stereocenters. The molecule has 0 bridgehead atoms. The van der Waals surface area contributed by atoms with Crippen LogP contribution in [0.5, 0.6) is 5.75 Å². The number of benzene rings is 2. The number of methoxy groups -OCH3 is 1. The smallest absolute Gasteiger partial charge is 0.266 e. The van der Waals surface area contributed by atoms with Gasteiger partial charge in [0.05, 0.1) is 30.9 Å². The first kappa shape index (κ1) is 17.3. The molecule has 1 saturated heterocycles. The first-order valence-corrected chi connectivity index (χ1v) is 8.63. The highest BCUT2D eigenvalue weighted by molar-refractivity contribution is 8.18. The lowest BCUT2D eigenvalue weighted by Gasteiger charge is -2.13. The van der Waals surface area contributed by atoms with Gasteiger partial charge in [-0.3, -0.25) is 9.69 Å². The highest BCUT2D eigenvalue weighted by Crippen LogP contribution is 2.34. The summed E-state index contributed by atoms with van der Waals surface area (Å²) >= 11 is 1.31. The molecule has 0 atom stereocenters. The Morgan fingerprint density at radius 3 is 2.52 bits per heavy atom. The van der Waals surface area contributed by atoms with Crippen LogP contribution in [-0.4, -0.2) is 41.3 Å². The van der Waals surface area contributed by atoms with E-state index >= 15 is 0 Å². The molecule has 0 aliphatic carbocycles. The van der Waals surface area contributed by atoms with Crippen molar-refractivity contribution in [2.45, 2.75) is 0 Å². The highest BCUT2D eigenvalue weighted by atomic mass is 32.2. The minimum absolute atomic E-state index is 0.115. The van der Waals surface area contributed by atoms with Crippen LogP contribution >= 0.6 is 11.8 Å². The molecule has 0 aromatic heterocycles. The Bertz CT molecular complexity index is 801. The number of ether oxygens (including phenoxy) is 1. The number of thioether (sulfide) groups is 1. The summed E-state index contributed by atoms with van der Waals surface area (Å²) in [6.45, 7) is 0.105. The number of aliphatic imine (C=N–C) groups is 1. The summed E-state index contributed by atoms with van der Waals surface area (Å²) in [5.74, 6) is 0.616. The summed E-state index contributed by atoms with van der Waals surface area (Å²) in [6.07, 6.45) is 1.82. The number of carbonyl (C=O) groups is 1. The Morgan fingerprint density at radius 2 is 1.88 bits per heavy atom. The topological polar surface area (TPSA) is 62.1 Å². The number of amidine groups is 1. The van der Waals surface area contributed by atoms with E-state index in [0.29, 0.717) is 10.1 Å². The second-order valence-corrected chi connectivity index (χ2v) is 6.30. The van der Waals surface area contributed by atoms with E-state index in [4.69, 9.17) is 4.74 Å². The molecule has 5 nitrogen and oxygen atoms in total. The predicted octanol–water partition coefficient (Wildman–Crippen LogP) is 3.29. The highest BCUT2D eigenvalue weighted by Gasteiger charge is 2.32. The van der Waals surface area contributed by atoms with Crippen LogP contribution in [0.2, 0.25) is 0 Å². The molecule has 128 valence electrons. The zero-order chi connectivity index (χ0) is 17.6. The second kappa shape index (κ2) is 8.00. The number of aliphatic hydroxyl groups is 1. The zero-order valence-corrected chi connectivity index (χ0v) is 14.6. The molecule has 0 saturated carbocycles. The second-order valence-electron chi connectivity index (χ2n) is 5.29. The van der Waals surface area contributed by atoms with E-state index in [0.717, 1.165) is 17.0 Å². The number of amides is 1. The molecular weight excluding hydrogens is 336 g/mol. The van der Waals surface area contributed by atoms with Crippen LogP contribution in [0.3, 0.4) is 0 Å². The zero-order valence-electron chi connectivity index (χ0n) is 13.8. The monoisotopic (exact) mass is 354 g/mol. The van der Waals surface area contributed by atoms with Gasteiger partial charge >= 0.3 is 0 Å². The Kier molecular flexibility index (Phi) is 5.53. The Balaban J connectivity index is 1.89. The number of carbonyl (C=O) groups excluding carboxylic acids is 1. The molecule has 1 N–H and O–H groups in total. The molecule has 3 rings (SSSR count). The quantitative estimate of drug-likeness (QED) is 0.837. The molecule has 1 amide bonds. The lowest BCUT2D eigenvalue weighted by molar-refractivity contribution is -0.122. The molecule has 1 heterocycles. The maximum Gasteiger partial charge on any atom is 0.266 e. The molecule has 1 fully saturated rings. The average Bonchev–Trinajstić information content (AvgIpc) is 2.92. The molecule has 2 aromatic rings.